The predicted molar refractivity (Wildman–Crippen MR) is 136 cm³/mol. The predicted octanol–water partition coefficient (Wildman–Crippen LogP) is 4.32. The number of amides is 1. The second-order valence-electron chi connectivity index (χ2n) is 9.21. The molecule has 0 unspecified atom stereocenters. The molecule has 0 spiro atoms. The molecule has 0 atom stereocenters. The van der Waals surface area contributed by atoms with E-state index in [1.807, 2.05) is 60.7 Å². The van der Waals surface area contributed by atoms with Crippen molar-refractivity contribution in [3.8, 4) is 5.75 Å². The van der Waals surface area contributed by atoms with Gasteiger partial charge in [-0.05, 0) is 36.1 Å². The molecular formula is C29H28N2O4. The number of hydrogen-bond acceptors (Lipinski definition) is 4. The average molecular weight is 469 g/mol. The number of aliphatic hydroxyl groups is 1. The first-order valence-electron chi connectivity index (χ1n) is 11.9. The summed E-state index contributed by atoms with van der Waals surface area (Å²) in [5.74, 6) is 0.381. The minimum atomic E-state index is -0.833. The van der Waals surface area contributed by atoms with Crippen LogP contribution in [0.4, 0.5) is 0 Å². The van der Waals surface area contributed by atoms with Crippen molar-refractivity contribution in [1.82, 2.24) is 9.88 Å². The topological polar surface area (TPSA) is 82.6 Å². The van der Waals surface area contributed by atoms with Gasteiger partial charge < -0.3 is 19.7 Å². The number of carbonyl (C=O) groups excluding carboxylic acids is 1. The lowest BCUT2D eigenvalue weighted by Gasteiger charge is -2.38. The fourth-order valence-electron chi connectivity index (χ4n) is 4.63. The van der Waals surface area contributed by atoms with E-state index in [1.54, 1.807) is 23.1 Å². The molecule has 0 bridgehead atoms. The first kappa shape index (κ1) is 22.9. The third-order valence-corrected chi connectivity index (χ3v) is 6.64. The van der Waals surface area contributed by atoms with Gasteiger partial charge in [0.1, 0.15) is 18.1 Å². The highest BCUT2D eigenvalue weighted by Gasteiger charge is 2.34. The van der Waals surface area contributed by atoms with Crippen molar-refractivity contribution in [2.45, 2.75) is 31.5 Å². The minimum Gasteiger partial charge on any atom is -0.489 e. The molecule has 6 heteroatoms. The number of fused-ring (bicyclic) bond motifs is 1. The monoisotopic (exact) mass is 468 g/mol. The summed E-state index contributed by atoms with van der Waals surface area (Å²) in [5, 5.41) is 11.5. The first-order chi connectivity index (χ1) is 17.0. The quantitative estimate of drug-likeness (QED) is 0.442. The number of rotatable bonds is 6. The Morgan fingerprint density at radius 2 is 1.57 bits per heavy atom. The van der Waals surface area contributed by atoms with E-state index in [9.17, 15) is 14.7 Å². The number of carbonyl (C=O) groups is 1. The summed E-state index contributed by atoms with van der Waals surface area (Å²) < 4.78 is 5.88. The van der Waals surface area contributed by atoms with Crippen LogP contribution in [0.5, 0.6) is 5.75 Å². The summed E-state index contributed by atoms with van der Waals surface area (Å²) >= 11 is 0. The van der Waals surface area contributed by atoms with Gasteiger partial charge in [0.25, 0.3) is 5.91 Å². The number of nitrogens with one attached hydrogen (secondary N) is 1. The third kappa shape index (κ3) is 5.28. The van der Waals surface area contributed by atoms with E-state index < -0.39 is 5.60 Å². The number of H-pyrrole nitrogens is 1. The van der Waals surface area contributed by atoms with Crippen molar-refractivity contribution >= 4 is 16.8 Å². The molecule has 0 radical (unpaired) electrons. The normalized spacial score (nSPS) is 15.2. The van der Waals surface area contributed by atoms with Crippen LogP contribution < -0.4 is 10.2 Å². The molecule has 178 valence electrons. The Morgan fingerprint density at radius 3 is 2.26 bits per heavy atom. The van der Waals surface area contributed by atoms with Crippen molar-refractivity contribution in [2.24, 2.45) is 0 Å². The maximum Gasteiger partial charge on any atom is 0.270 e. The molecule has 2 heterocycles. The largest absolute Gasteiger partial charge is 0.489 e. The zero-order valence-corrected chi connectivity index (χ0v) is 19.4. The molecule has 1 fully saturated rings. The molecule has 1 saturated heterocycles. The number of nitrogens with zero attached hydrogens (tertiary/aromatic N) is 1. The Kier molecular flexibility index (Phi) is 6.38. The van der Waals surface area contributed by atoms with Gasteiger partial charge in [-0.25, -0.2) is 0 Å². The van der Waals surface area contributed by atoms with Gasteiger partial charge in [0.05, 0.1) is 11.1 Å². The van der Waals surface area contributed by atoms with Crippen LogP contribution in [-0.2, 0) is 13.0 Å². The van der Waals surface area contributed by atoms with Gasteiger partial charge >= 0.3 is 0 Å². The van der Waals surface area contributed by atoms with Gasteiger partial charge in [0.2, 0.25) is 0 Å². The van der Waals surface area contributed by atoms with Crippen LogP contribution in [-0.4, -0.2) is 39.6 Å². The van der Waals surface area contributed by atoms with E-state index in [0.717, 1.165) is 11.1 Å². The van der Waals surface area contributed by atoms with Crippen molar-refractivity contribution in [3.63, 3.8) is 0 Å². The van der Waals surface area contributed by atoms with Crippen molar-refractivity contribution < 1.29 is 14.6 Å². The number of hydrogen-bond donors (Lipinski definition) is 2. The summed E-state index contributed by atoms with van der Waals surface area (Å²) in [4.78, 5) is 30.7. The Bertz CT molecular complexity index is 1370. The summed E-state index contributed by atoms with van der Waals surface area (Å²) in [6.45, 7) is 1.28. The van der Waals surface area contributed by atoms with Gasteiger partial charge in [-0.1, -0.05) is 60.7 Å². The number of aromatic amines is 1. The van der Waals surface area contributed by atoms with Crippen molar-refractivity contribution in [3.05, 3.63) is 112 Å². The van der Waals surface area contributed by atoms with Crippen LogP contribution in [0, 0.1) is 0 Å². The van der Waals surface area contributed by atoms with E-state index in [2.05, 4.69) is 4.98 Å². The van der Waals surface area contributed by atoms with Gasteiger partial charge in [-0.2, -0.15) is 0 Å². The van der Waals surface area contributed by atoms with Gasteiger partial charge in [0, 0.05) is 37.0 Å². The molecule has 6 nitrogen and oxygen atoms in total. The molecule has 2 N–H and O–H groups in total. The lowest BCUT2D eigenvalue weighted by molar-refractivity contribution is -0.0163. The number of aromatic nitrogens is 1. The SMILES string of the molecule is O=C(c1cc(=O)c2ccc(OCc3ccccc3)cc2[nH]1)N1CCC(O)(Cc2ccccc2)CC1. The average Bonchev–Trinajstić information content (AvgIpc) is 2.88. The number of pyridine rings is 1. The second-order valence-corrected chi connectivity index (χ2v) is 9.21. The number of likely N-dealkylation sites (tertiary alicyclic amines) is 1. The summed E-state index contributed by atoms with van der Waals surface area (Å²) in [7, 11) is 0. The fraction of sp³-hybridized carbons (Fsp3) is 0.241. The molecule has 0 saturated carbocycles. The van der Waals surface area contributed by atoms with Crippen LogP contribution in [0.15, 0.2) is 89.7 Å². The highest BCUT2D eigenvalue weighted by molar-refractivity contribution is 5.95. The zero-order chi connectivity index (χ0) is 24.3. The third-order valence-electron chi connectivity index (χ3n) is 6.64. The standard InChI is InChI=1S/C29H28N2O4/c32-27-18-26(28(33)31-15-13-29(34,14-16-31)19-21-7-3-1-4-8-21)30-25-17-23(11-12-24(25)27)35-20-22-9-5-2-6-10-22/h1-12,17-18,34H,13-16,19-20H2,(H,30,32). The molecule has 1 aliphatic rings. The molecule has 5 rings (SSSR count). The molecule has 1 aliphatic heterocycles. The first-order valence-corrected chi connectivity index (χ1v) is 11.9. The lowest BCUT2D eigenvalue weighted by Crippen LogP contribution is -2.48. The Morgan fingerprint density at radius 1 is 0.914 bits per heavy atom. The number of ether oxygens (including phenoxy) is 1. The molecule has 4 aromatic rings. The molecule has 1 amide bonds. The summed E-state index contributed by atoms with van der Waals surface area (Å²) in [5.41, 5.74) is 1.88. The smallest absolute Gasteiger partial charge is 0.270 e. The van der Waals surface area contributed by atoms with Crippen molar-refractivity contribution in [2.75, 3.05) is 13.1 Å². The van der Waals surface area contributed by atoms with E-state index in [0.29, 0.717) is 55.6 Å². The Labute approximate surface area is 203 Å². The van der Waals surface area contributed by atoms with E-state index in [4.69, 9.17) is 4.74 Å². The van der Waals surface area contributed by atoms with Crippen LogP contribution in [0.2, 0.25) is 0 Å². The second kappa shape index (κ2) is 9.76. The summed E-state index contributed by atoms with van der Waals surface area (Å²) in [6.07, 6.45) is 1.54. The number of piperidine rings is 1. The highest BCUT2D eigenvalue weighted by Crippen LogP contribution is 2.27. The fourth-order valence-corrected chi connectivity index (χ4v) is 4.63. The molecule has 0 aliphatic carbocycles. The van der Waals surface area contributed by atoms with E-state index in [1.165, 1.54) is 6.07 Å². The van der Waals surface area contributed by atoms with E-state index in [-0.39, 0.29) is 17.0 Å². The van der Waals surface area contributed by atoms with Crippen LogP contribution >= 0.6 is 0 Å². The molecule has 1 aromatic heterocycles. The molecule has 35 heavy (non-hydrogen) atoms. The zero-order valence-electron chi connectivity index (χ0n) is 19.4. The van der Waals surface area contributed by atoms with E-state index >= 15 is 0 Å². The van der Waals surface area contributed by atoms with Crippen LogP contribution in [0.25, 0.3) is 10.9 Å². The van der Waals surface area contributed by atoms with Crippen LogP contribution in [0.3, 0.4) is 0 Å². The number of benzene rings is 3. The molecule has 3 aromatic carbocycles. The minimum absolute atomic E-state index is 0.214. The van der Waals surface area contributed by atoms with Gasteiger partial charge in [-0.3, -0.25) is 9.59 Å². The van der Waals surface area contributed by atoms with Crippen molar-refractivity contribution in [1.29, 1.82) is 0 Å². The maximum absolute atomic E-state index is 13.2. The maximum atomic E-state index is 13.2. The molecular weight excluding hydrogens is 440 g/mol. The van der Waals surface area contributed by atoms with Crippen LogP contribution in [0.1, 0.15) is 34.5 Å². The Balaban J connectivity index is 1.29. The Hall–Kier alpha value is -3.90. The lowest BCUT2D eigenvalue weighted by atomic mass is 9.85. The highest BCUT2D eigenvalue weighted by atomic mass is 16.5. The van der Waals surface area contributed by atoms with Gasteiger partial charge in [-0.15, -0.1) is 0 Å². The summed E-state index contributed by atoms with van der Waals surface area (Å²) in [6, 6.07) is 26.3. The van der Waals surface area contributed by atoms with Gasteiger partial charge in [0.15, 0.2) is 5.43 Å².